The van der Waals surface area contributed by atoms with Gasteiger partial charge in [0.15, 0.2) is 0 Å². The van der Waals surface area contributed by atoms with Gasteiger partial charge in [0.1, 0.15) is 18.1 Å². The van der Waals surface area contributed by atoms with Crippen molar-refractivity contribution in [2.45, 2.75) is 6.92 Å². The van der Waals surface area contributed by atoms with Crippen LogP contribution in [0.2, 0.25) is 0 Å². The summed E-state index contributed by atoms with van der Waals surface area (Å²) in [4.78, 5) is 12.1. The molecule has 2 aromatic carbocycles. The molecule has 0 aromatic heterocycles. The summed E-state index contributed by atoms with van der Waals surface area (Å²) in [6, 6.07) is 13.1. The van der Waals surface area contributed by atoms with Crippen molar-refractivity contribution < 1.29 is 14.3 Å². The molecule has 116 valence electrons. The molecule has 0 aliphatic carbocycles. The molecule has 1 N–H and O–H groups in total. The van der Waals surface area contributed by atoms with E-state index in [1.807, 2.05) is 49.4 Å². The monoisotopic (exact) mass is 411 g/mol. The molecule has 5 heteroatoms. The van der Waals surface area contributed by atoms with Crippen LogP contribution in [0.15, 0.2) is 42.5 Å². The third kappa shape index (κ3) is 4.62. The maximum atomic E-state index is 12.1. The van der Waals surface area contributed by atoms with Crippen LogP contribution in [-0.4, -0.2) is 26.2 Å². The average Bonchev–Trinajstić information content (AvgIpc) is 2.52. The van der Waals surface area contributed by atoms with Gasteiger partial charge in [-0.05, 0) is 65.9 Å². The first kappa shape index (κ1) is 16.6. The number of aryl methyl sites for hydroxylation is 1. The minimum absolute atomic E-state index is 0.0808. The van der Waals surface area contributed by atoms with E-state index in [1.165, 1.54) is 0 Å². The smallest absolute Gasteiger partial charge is 0.252 e. The lowest BCUT2D eigenvalue weighted by Crippen LogP contribution is -2.28. The quantitative estimate of drug-likeness (QED) is 0.586. The highest BCUT2D eigenvalue weighted by atomic mass is 127. The maximum absolute atomic E-state index is 12.1. The van der Waals surface area contributed by atoms with Gasteiger partial charge in [-0.15, -0.1) is 0 Å². The predicted molar refractivity (Wildman–Crippen MR) is 94.7 cm³/mol. The number of amides is 1. The Kier molecular flexibility index (Phi) is 6.06. The number of benzene rings is 2. The lowest BCUT2D eigenvalue weighted by Gasteiger charge is -2.09. The molecule has 22 heavy (non-hydrogen) atoms. The third-order valence-corrected chi connectivity index (χ3v) is 3.98. The summed E-state index contributed by atoms with van der Waals surface area (Å²) >= 11 is 2.17. The second-order valence-electron chi connectivity index (χ2n) is 4.76. The van der Waals surface area contributed by atoms with E-state index in [0.717, 1.165) is 20.6 Å². The van der Waals surface area contributed by atoms with Gasteiger partial charge in [0.25, 0.3) is 5.91 Å². The first-order valence-corrected chi connectivity index (χ1v) is 7.99. The zero-order valence-corrected chi connectivity index (χ0v) is 14.7. The van der Waals surface area contributed by atoms with Gasteiger partial charge in [-0.3, -0.25) is 4.79 Å². The fraction of sp³-hybridized carbons (Fsp3) is 0.235. The van der Waals surface area contributed by atoms with Crippen molar-refractivity contribution in [1.29, 1.82) is 0 Å². The molecule has 2 rings (SSSR count). The van der Waals surface area contributed by atoms with Crippen LogP contribution in [0.25, 0.3) is 0 Å². The van der Waals surface area contributed by atoms with Crippen LogP contribution in [0.1, 0.15) is 15.9 Å². The normalized spacial score (nSPS) is 10.1. The minimum atomic E-state index is -0.0808. The lowest BCUT2D eigenvalue weighted by molar-refractivity contribution is 0.0946. The molecule has 1 amide bonds. The fourth-order valence-corrected chi connectivity index (χ4v) is 2.82. The molecule has 0 unspecified atom stereocenters. The van der Waals surface area contributed by atoms with Crippen molar-refractivity contribution in [2.75, 3.05) is 20.3 Å². The van der Waals surface area contributed by atoms with Gasteiger partial charge in [0.2, 0.25) is 0 Å². The van der Waals surface area contributed by atoms with Crippen molar-refractivity contribution in [3.05, 3.63) is 57.2 Å². The zero-order chi connectivity index (χ0) is 15.9. The van der Waals surface area contributed by atoms with Crippen LogP contribution in [0.5, 0.6) is 11.5 Å². The van der Waals surface area contributed by atoms with Crippen molar-refractivity contribution in [3.63, 3.8) is 0 Å². The molecule has 0 radical (unpaired) electrons. The molecular weight excluding hydrogens is 393 g/mol. The molecule has 0 aliphatic rings. The number of carbonyl (C=O) groups excluding carboxylic acids is 1. The van der Waals surface area contributed by atoms with E-state index < -0.39 is 0 Å². The van der Waals surface area contributed by atoms with Gasteiger partial charge in [-0.2, -0.15) is 0 Å². The Balaban J connectivity index is 1.79. The van der Waals surface area contributed by atoms with Gasteiger partial charge in [0, 0.05) is 3.57 Å². The van der Waals surface area contributed by atoms with E-state index in [0.29, 0.717) is 18.7 Å². The molecule has 0 fully saturated rings. The first-order chi connectivity index (χ1) is 10.6. The summed E-state index contributed by atoms with van der Waals surface area (Å²) < 4.78 is 11.6. The Bertz CT molecular complexity index is 641. The Morgan fingerprint density at radius 3 is 2.45 bits per heavy atom. The predicted octanol–water partition coefficient (Wildman–Crippen LogP) is 3.42. The minimum Gasteiger partial charge on any atom is -0.497 e. The van der Waals surface area contributed by atoms with Gasteiger partial charge in [-0.25, -0.2) is 0 Å². The second-order valence-corrected chi connectivity index (χ2v) is 5.93. The summed E-state index contributed by atoms with van der Waals surface area (Å²) in [6.07, 6.45) is 0. The molecule has 2 aromatic rings. The van der Waals surface area contributed by atoms with Crippen LogP contribution in [0, 0.1) is 10.5 Å². The Morgan fingerprint density at radius 2 is 1.82 bits per heavy atom. The zero-order valence-electron chi connectivity index (χ0n) is 12.6. The number of hydrogen-bond donors (Lipinski definition) is 1. The van der Waals surface area contributed by atoms with E-state index in [4.69, 9.17) is 9.47 Å². The van der Waals surface area contributed by atoms with E-state index in [2.05, 4.69) is 27.9 Å². The summed E-state index contributed by atoms with van der Waals surface area (Å²) in [7, 11) is 1.62. The number of methoxy groups -OCH3 is 1. The number of rotatable bonds is 6. The van der Waals surface area contributed by atoms with E-state index in [1.54, 1.807) is 7.11 Å². The van der Waals surface area contributed by atoms with Crippen molar-refractivity contribution >= 4 is 28.5 Å². The lowest BCUT2D eigenvalue weighted by atomic mass is 10.1. The molecule has 0 saturated heterocycles. The molecule has 0 saturated carbocycles. The number of carbonyl (C=O) groups is 1. The molecule has 0 spiro atoms. The van der Waals surface area contributed by atoms with Crippen LogP contribution >= 0.6 is 22.6 Å². The third-order valence-electron chi connectivity index (χ3n) is 3.08. The highest BCUT2D eigenvalue weighted by Gasteiger charge is 2.09. The highest BCUT2D eigenvalue weighted by molar-refractivity contribution is 14.1. The highest BCUT2D eigenvalue weighted by Crippen LogP contribution is 2.17. The average molecular weight is 411 g/mol. The Hall–Kier alpha value is -1.76. The molecule has 0 heterocycles. The van der Waals surface area contributed by atoms with Crippen LogP contribution in [0.3, 0.4) is 0 Å². The van der Waals surface area contributed by atoms with Gasteiger partial charge < -0.3 is 14.8 Å². The first-order valence-electron chi connectivity index (χ1n) is 6.91. The van der Waals surface area contributed by atoms with Crippen LogP contribution in [0.4, 0.5) is 0 Å². The molecule has 0 bridgehead atoms. The van der Waals surface area contributed by atoms with Crippen LogP contribution in [-0.2, 0) is 0 Å². The van der Waals surface area contributed by atoms with E-state index in [9.17, 15) is 4.79 Å². The molecule has 0 atom stereocenters. The Morgan fingerprint density at radius 1 is 1.14 bits per heavy atom. The van der Waals surface area contributed by atoms with E-state index in [-0.39, 0.29) is 5.91 Å². The van der Waals surface area contributed by atoms with Crippen molar-refractivity contribution in [3.8, 4) is 11.5 Å². The van der Waals surface area contributed by atoms with Gasteiger partial charge in [-0.1, -0.05) is 11.6 Å². The van der Waals surface area contributed by atoms with E-state index >= 15 is 0 Å². The van der Waals surface area contributed by atoms with Crippen molar-refractivity contribution in [2.24, 2.45) is 0 Å². The number of ether oxygens (including phenoxy) is 2. The van der Waals surface area contributed by atoms with Crippen molar-refractivity contribution in [1.82, 2.24) is 5.32 Å². The van der Waals surface area contributed by atoms with Crippen LogP contribution < -0.4 is 14.8 Å². The summed E-state index contributed by atoms with van der Waals surface area (Å²) in [5.74, 6) is 1.46. The largest absolute Gasteiger partial charge is 0.497 e. The molecular formula is C17H18INO3. The maximum Gasteiger partial charge on any atom is 0.252 e. The molecule has 4 nitrogen and oxygen atoms in total. The van der Waals surface area contributed by atoms with Gasteiger partial charge in [0.05, 0.1) is 19.2 Å². The number of hydrogen-bond acceptors (Lipinski definition) is 3. The summed E-state index contributed by atoms with van der Waals surface area (Å²) in [6.45, 7) is 2.88. The standard InChI is InChI=1S/C17H18INO3/c1-12-3-8-15(16(18)11-12)17(20)19-9-10-22-14-6-4-13(21-2)5-7-14/h3-8,11H,9-10H2,1-2H3,(H,19,20). The Labute approximate surface area is 144 Å². The topological polar surface area (TPSA) is 47.6 Å². The SMILES string of the molecule is COc1ccc(OCCNC(=O)c2ccc(C)cc2I)cc1. The second kappa shape index (κ2) is 8.03. The summed E-state index contributed by atoms with van der Waals surface area (Å²) in [5.41, 5.74) is 1.83. The number of halogens is 1. The summed E-state index contributed by atoms with van der Waals surface area (Å²) in [5, 5.41) is 2.86. The molecule has 0 aliphatic heterocycles. The fourth-order valence-electron chi connectivity index (χ4n) is 1.90. The van der Waals surface area contributed by atoms with Gasteiger partial charge >= 0.3 is 0 Å². The number of nitrogens with one attached hydrogen (secondary N) is 1.